The number of nitrogens with zero attached hydrogens (tertiary/aromatic N) is 2. The van der Waals surface area contributed by atoms with Gasteiger partial charge < -0.3 is 15.1 Å². The van der Waals surface area contributed by atoms with Gasteiger partial charge in [0.25, 0.3) is 0 Å². The maximum Gasteiger partial charge on any atom is 0.419 e. The number of hydrogen-bond donors (Lipinski definition) is 1. The molecule has 102 valence electrons. The van der Waals surface area contributed by atoms with Crippen molar-refractivity contribution in [1.82, 2.24) is 4.57 Å². The van der Waals surface area contributed by atoms with Gasteiger partial charge in [0.05, 0.1) is 5.52 Å². The highest BCUT2D eigenvalue weighted by Crippen LogP contribution is 2.28. The van der Waals surface area contributed by atoms with Crippen molar-refractivity contribution in [2.24, 2.45) is 18.7 Å². The molecule has 0 bridgehead atoms. The average molecular weight is 261 g/mol. The maximum atomic E-state index is 11.5. The molecule has 2 N–H and O–H groups in total. The van der Waals surface area contributed by atoms with Crippen LogP contribution in [-0.2, 0) is 7.05 Å². The molecule has 3 rings (SSSR count). The second kappa shape index (κ2) is 4.42. The number of anilines is 1. The molecule has 1 aliphatic carbocycles. The van der Waals surface area contributed by atoms with Crippen molar-refractivity contribution in [1.29, 1.82) is 0 Å². The van der Waals surface area contributed by atoms with Gasteiger partial charge in [0, 0.05) is 38.4 Å². The molecule has 0 atom stereocenters. The third-order valence-corrected chi connectivity index (χ3v) is 4.02. The molecule has 1 aromatic carbocycles. The number of hydrogen-bond acceptors (Lipinski definition) is 4. The molecule has 0 saturated heterocycles. The highest BCUT2D eigenvalue weighted by Gasteiger charge is 2.26. The molecule has 0 radical (unpaired) electrons. The van der Waals surface area contributed by atoms with Crippen molar-refractivity contribution in [2.45, 2.75) is 18.9 Å². The van der Waals surface area contributed by atoms with Gasteiger partial charge in [-0.3, -0.25) is 4.57 Å². The standard InChI is InChI=1S/C14H19N3O2/c1-16(8-9-5-10(15)6-9)11-3-4-12-13(7-11)19-14(18)17(12)2/h3-4,7,9-10H,5-6,8,15H2,1-2H3. The molecule has 19 heavy (non-hydrogen) atoms. The van der Waals surface area contributed by atoms with Crippen LogP contribution >= 0.6 is 0 Å². The summed E-state index contributed by atoms with van der Waals surface area (Å²) >= 11 is 0. The molecule has 1 heterocycles. The highest BCUT2D eigenvalue weighted by atomic mass is 16.4. The summed E-state index contributed by atoms with van der Waals surface area (Å²) in [5, 5.41) is 0. The lowest BCUT2D eigenvalue weighted by molar-refractivity contribution is 0.271. The van der Waals surface area contributed by atoms with Gasteiger partial charge in [-0.05, 0) is 30.9 Å². The monoisotopic (exact) mass is 261 g/mol. The Labute approximate surface area is 111 Å². The summed E-state index contributed by atoms with van der Waals surface area (Å²) in [5.41, 5.74) is 8.35. The zero-order chi connectivity index (χ0) is 13.6. The first-order chi connectivity index (χ1) is 9.04. The summed E-state index contributed by atoms with van der Waals surface area (Å²) in [6.45, 7) is 0.996. The van der Waals surface area contributed by atoms with E-state index < -0.39 is 0 Å². The smallest absolute Gasteiger partial charge is 0.408 e. The maximum absolute atomic E-state index is 11.5. The Morgan fingerprint density at radius 1 is 1.47 bits per heavy atom. The molecule has 1 fully saturated rings. The van der Waals surface area contributed by atoms with Crippen LogP contribution in [0, 0.1) is 5.92 Å². The number of aromatic nitrogens is 1. The van der Waals surface area contributed by atoms with Gasteiger partial charge in [-0.2, -0.15) is 0 Å². The van der Waals surface area contributed by atoms with Gasteiger partial charge in [-0.15, -0.1) is 0 Å². The SMILES string of the molecule is CN(CC1CC(N)C1)c1ccc2c(c1)oc(=O)n2C. The fraction of sp³-hybridized carbons (Fsp3) is 0.500. The van der Waals surface area contributed by atoms with Gasteiger partial charge in [-0.1, -0.05) is 0 Å². The lowest BCUT2D eigenvalue weighted by Crippen LogP contribution is -2.41. The lowest BCUT2D eigenvalue weighted by atomic mass is 9.80. The Hall–Kier alpha value is -1.75. The van der Waals surface area contributed by atoms with Gasteiger partial charge in [-0.25, -0.2) is 4.79 Å². The molecule has 1 aromatic heterocycles. The van der Waals surface area contributed by atoms with Gasteiger partial charge in [0.2, 0.25) is 0 Å². The summed E-state index contributed by atoms with van der Waals surface area (Å²) < 4.78 is 6.73. The van der Waals surface area contributed by atoms with Crippen molar-refractivity contribution in [3.8, 4) is 0 Å². The highest BCUT2D eigenvalue weighted by molar-refractivity contribution is 5.77. The first-order valence-corrected chi connectivity index (χ1v) is 6.61. The zero-order valence-electron chi connectivity index (χ0n) is 11.3. The van der Waals surface area contributed by atoms with E-state index in [-0.39, 0.29) is 5.76 Å². The number of rotatable bonds is 3. The summed E-state index contributed by atoms with van der Waals surface area (Å²) in [5.74, 6) is 0.359. The Morgan fingerprint density at radius 2 is 2.21 bits per heavy atom. The molecule has 0 unspecified atom stereocenters. The quantitative estimate of drug-likeness (QED) is 0.904. The Bertz CT molecular complexity index is 652. The van der Waals surface area contributed by atoms with E-state index in [1.54, 1.807) is 7.05 Å². The van der Waals surface area contributed by atoms with E-state index in [2.05, 4.69) is 11.9 Å². The van der Waals surface area contributed by atoms with Gasteiger partial charge >= 0.3 is 5.76 Å². The molecular formula is C14H19N3O2. The summed E-state index contributed by atoms with van der Waals surface area (Å²) in [6.07, 6.45) is 2.21. The largest absolute Gasteiger partial charge is 0.419 e. The van der Waals surface area contributed by atoms with Crippen LogP contribution in [0.15, 0.2) is 27.4 Å². The predicted octanol–water partition coefficient (Wildman–Crippen LogP) is 1.30. The molecule has 0 aliphatic heterocycles. The van der Waals surface area contributed by atoms with Crippen LogP contribution in [0.2, 0.25) is 0 Å². The van der Waals surface area contributed by atoms with Crippen LogP contribution < -0.4 is 16.4 Å². The van der Waals surface area contributed by atoms with Gasteiger partial charge in [0.15, 0.2) is 5.58 Å². The van der Waals surface area contributed by atoms with Crippen LogP contribution in [0.25, 0.3) is 11.1 Å². The van der Waals surface area contributed by atoms with Crippen molar-refractivity contribution in [3.05, 3.63) is 28.7 Å². The van der Waals surface area contributed by atoms with E-state index in [0.29, 0.717) is 17.5 Å². The first kappa shape index (κ1) is 12.3. The minimum absolute atomic E-state index is 0.320. The van der Waals surface area contributed by atoms with E-state index in [0.717, 1.165) is 30.6 Å². The van der Waals surface area contributed by atoms with Crippen molar-refractivity contribution in [3.63, 3.8) is 0 Å². The molecule has 0 spiro atoms. The topological polar surface area (TPSA) is 64.4 Å². The lowest BCUT2D eigenvalue weighted by Gasteiger charge is -2.36. The fourth-order valence-corrected chi connectivity index (χ4v) is 2.79. The predicted molar refractivity (Wildman–Crippen MR) is 75.4 cm³/mol. The normalized spacial score (nSPS) is 22.5. The third-order valence-electron chi connectivity index (χ3n) is 4.02. The minimum atomic E-state index is -0.320. The number of aryl methyl sites for hydroxylation is 1. The second-order valence-corrected chi connectivity index (χ2v) is 5.56. The van der Waals surface area contributed by atoms with Crippen LogP contribution in [0.3, 0.4) is 0 Å². The van der Waals surface area contributed by atoms with E-state index in [4.69, 9.17) is 10.2 Å². The van der Waals surface area contributed by atoms with Gasteiger partial charge in [0.1, 0.15) is 0 Å². The van der Waals surface area contributed by atoms with Crippen LogP contribution in [0.4, 0.5) is 5.69 Å². The number of benzene rings is 1. The van der Waals surface area contributed by atoms with E-state index in [9.17, 15) is 4.79 Å². The Balaban J connectivity index is 1.82. The second-order valence-electron chi connectivity index (χ2n) is 5.56. The summed E-state index contributed by atoms with van der Waals surface area (Å²) in [7, 11) is 3.78. The van der Waals surface area contributed by atoms with E-state index in [1.165, 1.54) is 4.57 Å². The molecule has 1 saturated carbocycles. The van der Waals surface area contributed by atoms with Crippen LogP contribution in [0.5, 0.6) is 0 Å². The Kier molecular flexibility index (Phi) is 2.86. The molecule has 2 aromatic rings. The summed E-state index contributed by atoms with van der Waals surface area (Å²) in [4.78, 5) is 13.7. The van der Waals surface area contributed by atoms with E-state index >= 15 is 0 Å². The third kappa shape index (κ3) is 2.14. The van der Waals surface area contributed by atoms with Crippen LogP contribution in [-0.4, -0.2) is 24.2 Å². The fourth-order valence-electron chi connectivity index (χ4n) is 2.79. The molecular weight excluding hydrogens is 242 g/mol. The molecule has 1 aliphatic rings. The van der Waals surface area contributed by atoms with Crippen LogP contribution in [0.1, 0.15) is 12.8 Å². The Morgan fingerprint density at radius 3 is 2.89 bits per heavy atom. The minimum Gasteiger partial charge on any atom is -0.408 e. The van der Waals surface area contributed by atoms with Crippen molar-refractivity contribution >= 4 is 16.8 Å². The zero-order valence-corrected chi connectivity index (χ0v) is 11.3. The van der Waals surface area contributed by atoms with E-state index in [1.807, 2.05) is 18.2 Å². The summed E-state index contributed by atoms with van der Waals surface area (Å²) in [6, 6.07) is 6.26. The first-order valence-electron chi connectivity index (χ1n) is 6.61. The van der Waals surface area contributed by atoms with Crippen molar-refractivity contribution in [2.75, 3.05) is 18.5 Å². The number of oxazole rings is 1. The average Bonchev–Trinajstić information content (AvgIpc) is 2.62. The molecule has 5 nitrogen and oxygen atoms in total. The molecule has 5 heteroatoms. The molecule has 0 amide bonds. The number of fused-ring (bicyclic) bond motifs is 1. The van der Waals surface area contributed by atoms with Crippen molar-refractivity contribution < 1.29 is 4.42 Å². The number of nitrogens with two attached hydrogens (primary N) is 1.